The van der Waals surface area contributed by atoms with E-state index < -0.39 is 0 Å². The number of nitrogens with zero attached hydrogens (tertiary/aromatic N) is 1. The van der Waals surface area contributed by atoms with E-state index in [2.05, 4.69) is 193 Å². The molecule has 10 rings (SSSR count). The van der Waals surface area contributed by atoms with Crippen LogP contribution in [0.3, 0.4) is 0 Å². The molecule has 0 bridgehead atoms. The molecule has 10 aromatic rings. The molecule has 228 valence electrons. The van der Waals surface area contributed by atoms with E-state index in [9.17, 15) is 0 Å². The quantitative estimate of drug-likeness (QED) is 0.172. The summed E-state index contributed by atoms with van der Waals surface area (Å²) in [5.41, 5.74) is 11.1. The molecule has 0 saturated carbocycles. The van der Waals surface area contributed by atoms with Crippen LogP contribution in [0.1, 0.15) is 0 Å². The van der Waals surface area contributed by atoms with Crippen molar-refractivity contribution in [1.29, 1.82) is 0 Å². The Kier molecular flexibility index (Phi) is 6.25. The number of hydrogen-bond acceptors (Lipinski definition) is 0. The molecule has 1 aromatic heterocycles. The second kappa shape index (κ2) is 11.1. The summed E-state index contributed by atoms with van der Waals surface area (Å²) in [5, 5.41) is 10.1. The first-order valence-electron chi connectivity index (χ1n) is 17.0. The normalized spacial score (nSPS) is 11.7. The summed E-state index contributed by atoms with van der Waals surface area (Å²) in [6.07, 6.45) is 0. The highest BCUT2D eigenvalue weighted by Crippen LogP contribution is 2.45. The van der Waals surface area contributed by atoms with Gasteiger partial charge in [-0.3, -0.25) is 0 Å². The monoisotopic (exact) mass is 621 g/mol. The minimum absolute atomic E-state index is 1.15. The molecule has 0 radical (unpaired) electrons. The summed E-state index contributed by atoms with van der Waals surface area (Å²) in [6, 6.07) is 68.7. The first kappa shape index (κ1) is 27.7. The van der Waals surface area contributed by atoms with Crippen molar-refractivity contribution in [3.8, 4) is 39.1 Å². The van der Waals surface area contributed by atoms with Crippen molar-refractivity contribution in [3.05, 3.63) is 188 Å². The molecule has 0 aliphatic carbocycles. The first-order chi connectivity index (χ1) is 24.3. The zero-order valence-electron chi connectivity index (χ0n) is 26.8. The lowest BCUT2D eigenvalue weighted by molar-refractivity contribution is 1.19. The van der Waals surface area contributed by atoms with Gasteiger partial charge in [0.1, 0.15) is 0 Å². The summed E-state index contributed by atoms with van der Waals surface area (Å²) >= 11 is 0. The Morgan fingerprint density at radius 1 is 0.286 bits per heavy atom. The van der Waals surface area contributed by atoms with E-state index in [1.54, 1.807) is 0 Å². The van der Waals surface area contributed by atoms with Crippen LogP contribution in [0.15, 0.2) is 188 Å². The molecule has 0 unspecified atom stereocenters. The summed E-state index contributed by atoms with van der Waals surface area (Å²) in [5.74, 6) is 0. The van der Waals surface area contributed by atoms with Gasteiger partial charge in [0.05, 0.1) is 11.0 Å². The molecule has 0 N–H and O–H groups in total. The van der Waals surface area contributed by atoms with Crippen LogP contribution in [-0.2, 0) is 0 Å². The molecule has 0 atom stereocenters. The minimum Gasteiger partial charge on any atom is -0.309 e. The molecule has 0 amide bonds. The molecule has 0 saturated heterocycles. The topological polar surface area (TPSA) is 4.93 Å². The number of fused-ring (bicyclic) bond motifs is 7. The summed E-state index contributed by atoms with van der Waals surface area (Å²) < 4.78 is 2.48. The maximum atomic E-state index is 2.48. The SMILES string of the molecule is c1ccc(-c2c3ccccc3c(-c3cccc(-n4c5ccccc5c5cc(-c6ccccc6)c6ccccc6c54)c3)c3ccccc23)cc1. The minimum atomic E-state index is 1.15. The average molecular weight is 622 g/mol. The van der Waals surface area contributed by atoms with Gasteiger partial charge >= 0.3 is 0 Å². The lowest BCUT2D eigenvalue weighted by Gasteiger charge is -2.18. The van der Waals surface area contributed by atoms with Crippen molar-refractivity contribution in [2.45, 2.75) is 0 Å². The predicted molar refractivity (Wildman–Crippen MR) is 210 cm³/mol. The van der Waals surface area contributed by atoms with Crippen LogP contribution in [0, 0.1) is 0 Å². The second-order valence-corrected chi connectivity index (χ2v) is 12.8. The van der Waals surface area contributed by atoms with Crippen molar-refractivity contribution >= 4 is 54.1 Å². The van der Waals surface area contributed by atoms with Gasteiger partial charge < -0.3 is 4.57 Å². The Balaban J connectivity index is 1.28. The lowest BCUT2D eigenvalue weighted by Crippen LogP contribution is -1.96. The van der Waals surface area contributed by atoms with Crippen LogP contribution in [0.2, 0.25) is 0 Å². The smallest absolute Gasteiger partial charge is 0.0619 e. The Labute approximate surface area is 284 Å². The van der Waals surface area contributed by atoms with E-state index in [1.807, 2.05) is 0 Å². The summed E-state index contributed by atoms with van der Waals surface area (Å²) in [4.78, 5) is 0. The van der Waals surface area contributed by atoms with Crippen LogP contribution < -0.4 is 0 Å². The van der Waals surface area contributed by atoms with E-state index in [4.69, 9.17) is 0 Å². The number of para-hydroxylation sites is 1. The van der Waals surface area contributed by atoms with Gasteiger partial charge in [0.25, 0.3) is 0 Å². The Hall–Kier alpha value is -6.44. The van der Waals surface area contributed by atoms with Crippen LogP contribution in [0.25, 0.3) is 93.2 Å². The Bertz CT molecular complexity index is 2800. The molecule has 0 fully saturated rings. The van der Waals surface area contributed by atoms with Crippen LogP contribution in [0.5, 0.6) is 0 Å². The number of benzene rings is 9. The lowest BCUT2D eigenvalue weighted by atomic mass is 9.86. The largest absolute Gasteiger partial charge is 0.309 e. The van der Waals surface area contributed by atoms with Gasteiger partial charge in [-0.25, -0.2) is 0 Å². The third kappa shape index (κ3) is 4.26. The van der Waals surface area contributed by atoms with Gasteiger partial charge in [-0.05, 0) is 84.6 Å². The van der Waals surface area contributed by atoms with Crippen LogP contribution >= 0.6 is 0 Å². The maximum Gasteiger partial charge on any atom is 0.0619 e. The van der Waals surface area contributed by atoms with Crippen molar-refractivity contribution in [2.24, 2.45) is 0 Å². The average Bonchev–Trinajstić information content (AvgIpc) is 3.52. The van der Waals surface area contributed by atoms with Gasteiger partial charge in [0.2, 0.25) is 0 Å². The molecule has 1 nitrogen and oxygen atoms in total. The molecule has 0 spiro atoms. The number of aromatic nitrogens is 1. The molecule has 0 aliphatic heterocycles. The molecular weight excluding hydrogens is 591 g/mol. The van der Waals surface area contributed by atoms with Crippen molar-refractivity contribution in [2.75, 3.05) is 0 Å². The summed E-state index contributed by atoms with van der Waals surface area (Å²) in [6.45, 7) is 0. The van der Waals surface area contributed by atoms with E-state index in [0.29, 0.717) is 0 Å². The van der Waals surface area contributed by atoms with Gasteiger partial charge in [-0.15, -0.1) is 0 Å². The third-order valence-corrected chi connectivity index (χ3v) is 10.1. The Morgan fingerprint density at radius 2 is 0.755 bits per heavy atom. The third-order valence-electron chi connectivity index (χ3n) is 10.1. The molecule has 9 aromatic carbocycles. The van der Waals surface area contributed by atoms with E-state index in [1.165, 1.54) is 87.5 Å². The maximum absolute atomic E-state index is 2.48. The van der Waals surface area contributed by atoms with Gasteiger partial charge in [-0.2, -0.15) is 0 Å². The van der Waals surface area contributed by atoms with Crippen LogP contribution in [0.4, 0.5) is 0 Å². The fourth-order valence-corrected chi connectivity index (χ4v) is 8.10. The van der Waals surface area contributed by atoms with Crippen molar-refractivity contribution in [1.82, 2.24) is 4.57 Å². The predicted octanol–water partition coefficient (Wildman–Crippen LogP) is 13.2. The summed E-state index contributed by atoms with van der Waals surface area (Å²) in [7, 11) is 0. The highest BCUT2D eigenvalue weighted by molar-refractivity contribution is 6.23. The van der Waals surface area contributed by atoms with Crippen molar-refractivity contribution in [3.63, 3.8) is 0 Å². The first-order valence-corrected chi connectivity index (χ1v) is 17.0. The Morgan fingerprint density at radius 3 is 1.39 bits per heavy atom. The molecule has 1 heterocycles. The molecule has 0 aliphatic rings. The van der Waals surface area contributed by atoms with Gasteiger partial charge in [-0.1, -0.05) is 164 Å². The van der Waals surface area contributed by atoms with Gasteiger partial charge in [0, 0.05) is 21.8 Å². The fourth-order valence-electron chi connectivity index (χ4n) is 8.10. The van der Waals surface area contributed by atoms with E-state index >= 15 is 0 Å². The fraction of sp³-hybridized carbons (Fsp3) is 0. The molecule has 1 heteroatoms. The molecule has 49 heavy (non-hydrogen) atoms. The van der Waals surface area contributed by atoms with E-state index in [-0.39, 0.29) is 0 Å². The number of rotatable bonds is 4. The highest BCUT2D eigenvalue weighted by Gasteiger charge is 2.20. The van der Waals surface area contributed by atoms with E-state index in [0.717, 1.165) is 5.69 Å². The second-order valence-electron chi connectivity index (χ2n) is 12.8. The molecular formula is C48H31N. The van der Waals surface area contributed by atoms with Gasteiger partial charge in [0.15, 0.2) is 0 Å². The standard InChI is InChI=1S/C48H31N/c1-3-16-32(17-4-1)43-31-44-37-23-13-14-29-45(37)49(48(44)42-28-12-7-22-36(42)43)35-21-15-20-34(30-35)47-40-26-10-8-24-38(40)46(33-18-5-2-6-19-33)39-25-9-11-27-41(39)47/h1-31H. The van der Waals surface area contributed by atoms with Crippen molar-refractivity contribution < 1.29 is 0 Å². The highest BCUT2D eigenvalue weighted by atomic mass is 15.0. The van der Waals surface area contributed by atoms with Crippen LogP contribution in [-0.4, -0.2) is 4.57 Å². The number of hydrogen-bond donors (Lipinski definition) is 0. The zero-order chi connectivity index (χ0) is 32.3. The zero-order valence-corrected chi connectivity index (χ0v) is 26.8.